The molecule has 0 bridgehead atoms. The normalized spacial score (nSPS) is 14.3. The number of nitrogens with two attached hydrogens (primary N) is 1. The molecular formula is C22H32N4O8S. The highest BCUT2D eigenvalue weighted by atomic mass is 32.1. The molecule has 0 aliphatic carbocycles. The van der Waals surface area contributed by atoms with Crippen LogP contribution >= 0.6 is 12.6 Å². The first kappa shape index (κ1) is 29.7. The van der Waals surface area contributed by atoms with Gasteiger partial charge in [0.15, 0.2) is 0 Å². The van der Waals surface area contributed by atoms with Crippen LogP contribution in [0.25, 0.3) is 0 Å². The van der Waals surface area contributed by atoms with Gasteiger partial charge in [-0.3, -0.25) is 19.2 Å². The van der Waals surface area contributed by atoms with Crippen LogP contribution in [0, 0.1) is 5.92 Å². The van der Waals surface area contributed by atoms with Gasteiger partial charge in [-0.25, -0.2) is 4.79 Å². The van der Waals surface area contributed by atoms with Gasteiger partial charge < -0.3 is 37.0 Å². The Morgan fingerprint density at radius 2 is 1.46 bits per heavy atom. The minimum absolute atomic E-state index is 0.0585. The Bertz CT molecular complexity index is 909. The van der Waals surface area contributed by atoms with Crippen LogP contribution in [0.15, 0.2) is 24.3 Å². The van der Waals surface area contributed by atoms with Crippen LogP contribution in [0.5, 0.6) is 5.75 Å². The van der Waals surface area contributed by atoms with Gasteiger partial charge >= 0.3 is 11.9 Å². The van der Waals surface area contributed by atoms with E-state index in [9.17, 15) is 34.2 Å². The summed E-state index contributed by atoms with van der Waals surface area (Å²) in [7, 11) is 0. The summed E-state index contributed by atoms with van der Waals surface area (Å²) in [6.07, 6.45) is -0.638. The van der Waals surface area contributed by atoms with E-state index in [1.807, 2.05) is 0 Å². The van der Waals surface area contributed by atoms with Gasteiger partial charge in [0, 0.05) is 12.2 Å². The predicted molar refractivity (Wildman–Crippen MR) is 129 cm³/mol. The van der Waals surface area contributed by atoms with Crippen LogP contribution < -0.4 is 21.7 Å². The summed E-state index contributed by atoms with van der Waals surface area (Å²) in [5.74, 6) is -5.39. The molecule has 13 heteroatoms. The van der Waals surface area contributed by atoms with Crippen LogP contribution in [0.3, 0.4) is 0 Å². The quantitative estimate of drug-likeness (QED) is 0.147. The molecule has 4 atom stereocenters. The second kappa shape index (κ2) is 14.2. The minimum Gasteiger partial charge on any atom is -0.508 e. The zero-order valence-electron chi connectivity index (χ0n) is 19.4. The Hall–Kier alpha value is -3.32. The van der Waals surface area contributed by atoms with E-state index in [4.69, 9.17) is 10.8 Å². The van der Waals surface area contributed by atoms with Gasteiger partial charge in [0.1, 0.15) is 23.9 Å². The number of carboxylic acids is 2. The lowest BCUT2D eigenvalue weighted by Crippen LogP contribution is -2.58. The largest absolute Gasteiger partial charge is 0.508 e. The maximum absolute atomic E-state index is 12.8. The van der Waals surface area contributed by atoms with E-state index in [2.05, 4.69) is 28.6 Å². The summed E-state index contributed by atoms with van der Waals surface area (Å²) in [5.41, 5.74) is 6.60. The lowest BCUT2D eigenvalue weighted by atomic mass is 10.0. The molecule has 35 heavy (non-hydrogen) atoms. The molecule has 8 N–H and O–H groups in total. The summed E-state index contributed by atoms with van der Waals surface area (Å²) in [5, 5.41) is 34.7. The van der Waals surface area contributed by atoms with Crippen molar-refractivity contribution in [1.82, 2.24) is 16.0 Å². The highest BCUT2D eigenvalue weighted by Crippen LogP contribution is 2.11. The Morgan fingerprint density at radius 3 is 1.94 bits per heavy atom. The molecule has 1 aromatic carbocycles. The van der Waals surface area contributed by atoms with E-state index in [-0.39, 0.29) is 24.3 Å². The maximum Gasteiger partial charge on any atom is 0.326 e. The lowest BCUT2D eigenvalue weighted by molar-refractivity contribution is -0.144. The van der Waals surface area contributed by atoms with Gasteiger partial charge in [0.2, 0.25) is 17.7 Å². The number of aromatic hydroxyl groups is 1. The molecule has 0 aromatic heterocycles. The first-order valence-corrected chi connectivity index (χ1v) is 11.5. The summed E-state index contributed by atoms with van der Waals surface area (Å²) in [4.78, 5) is 60.3. The average molecular weight is 513 g/mol. The molecular weight excluding hydrogens is 480 g/mol. The van der Waals surface area contributed by atoms with Crippen molar-refractivity contribution in [1.29, 1.82) is 0 Å². The minimum atomic E-state index is -1.36. The predicted octanol–water partition coefficient (Wildman–Crippen LogP) is -0.748. The van der Waals surface area contributed by atoms with Gasteiger partial charge in [0.05, 0.1) is 6.04 Å². The molecule has 12 nitrogen and oxygen atoms in total. The van der Waals surface area contributed by atoms with Gasteiger partial charge in [-0.2, -0.15) is 12.6 Å². The number of hydrogen-bond donors (Lipinski definition) is 8. The van der Waals surface area contributed by atoms with Gasteiger partial charge in [-0.05, 0) is 36.5 Å². The number of rotatable bonds is 14. The number of phenols is 1. The van der Waals surface area contributed by atoms with E-state index in [0.717, 1.165) is 0 Å². The number of hydrogen-bond acceptors (Lipinski definition) is 8. The molecule has 0 aliphatic rings. The Labute approximate surface area is 208 Å². The highest BCUT2D eigenvalue weighted by Gasteiger charge is 2.31. The van der Waals surface area contributed by atoms with Crippen molar-refractivity contribution >= 4 is 42.3 Å². The van der Waals surface area contributed by atoms with Crippen molar-refractivity contribution in [3.05, 3.63) is 29.8 Å². The lowest BCUT2D eigenvalue weighted by Gasteiger charge is -2.25. The van der Waals surface area contributed by atoms with E-state index < -0.39 is 66.2 Å². The van der Waals surface area contributed by atoms with Crippen LogP contribution in [0.1, 0.15) is 32.3 Å². The van der Waals surface area contributed by atoms with Crippen LogP contribution in [-0.2, 0) is 30.4 Å². The fourth-order valence-corrected chi connectivity index (χ4v) is 3.28. The highest BCUT2D eigenvalue weighted by molar-refractivity contribution is 7.80. The number of aliphatic carboxylic acids is 2. The fourth-order valence-electron chi connectivity index (χ4n) is 3.03. The molecule has 4 unspecified atom stereocenters. The molecule has 3 amide bonds. The number of amides is 3. The third-order valence-electron chi connectivity index (χ3n) is 5.05. The number of carbonyl (C=O) groups is 5. The number of phenolic OH excluding ortho intramolecular Hbond substituents is 1. The molecule has 0 heterocycles. The van der Waals surface area contributed by atoms with Crippen molar-refractivity contribution in [2.24, 2.45) is 11.7 Å². The first-order valence-electron chi connectivity index (χ1n) is 10.9. The first-order chi connectivity index (χ1) is 16.3. The number of nitrogens with one attached hydrogen (secondary N) is 3. The number of carboxylic acid groups (broad SMARTS) is 2. The summed E-state index contributed by atoms with van der Waals surface area (Å²) < 4.78 is 0. The topological polar surface area (TPSA) is 208 Å². The molecule has 0 saturated carbocycles. The van der Waals surface area contributed by atoms with Gasteiger partial charge in [0.25, 0.3) is 0 Å². The SMILES string of the molecule is CC(C)C(NC(=O)C(CCC(=O)O)NC(=O)C(CS)NC(=O)C(N)Cc1ccc(O)cc1)C(=O)O. The third-order valence-corrected chi connectivity index (χ3v) is 5.42. The van der Waals surface area contributed by atoms with Crippen LogP contribution in [0.2, 0.25) is 0 Å². The average Bonchev–Trinajstić information content (AvgIpc) is 2.78. The molecule has 0 aliphatic heterocycles. The Balaban J connectivity index is 2.86. The summed E-state index contributed by atoms with van der Waals surface area (Å²) >= 11 is 4.06. The number of thiol groups is 1. The number of benzene rings is 1. The van der Waals surface area contributed by atoms with E-state index in [1.54, 1.807) is 26.0 Å². The van der Waals surface area contributed by atoms with Crippen molar-refractivity contribution in [3.8, 4) is 5.75 Å². The molecule has 1 aromatic rings. The van der Waals surface area contributed by atoms with Crippen molar-refractivity contribution in [2.45, 2.75) is 57.3 Å². The van der Waals surface area contributed by atoms with Crippen molar-refractivity contribution in [2.75, 3.05) is 5.75 Å². The molecule has 1 rings (SSSR count). The van der Waals surface area contributed by atoms with Crippen LogP contribution in [0.4, 0.5) is 0 Å². The maximum atomic E-state index is 12.8. The Kier molecular flexibility index (Phi) is 12.0. The zero-order chi connectivity index (χ0) is 26.7. The second-order valence-corrected chi connectivity index (χ2v) is 8.65. The van der Waals surface area contributed by atoms with E-state index in [1.165, 1.54) is 12.1 Å². The fraction of sp³-hybridized carbons (Fsp3) is 0.500. The molecule has 0 radical (unpaired) electrons. The summed E-state index contributed by atoms with van der Waals surface area (Å²) in [6, 6.07) is 1.26. The van der Waals surface area contributed by atoms with E-state index in [0.29, 0.717) is 5.56 Å². The molecule has 0 fully saturated rings. The van der Waals surface area contributed by atoms with Crippen LogP contribution in [-0.4, -0.2) is 74.9 Å². The standard InChI is InChI=1S/C22H32N4O8S/c1-11(2)18(22(33)34)26-20(31)15(7-8-17(28)29)24-21(32)16(10-35)25-19(30)14(23)9-12-3-5-13(27)6-4-12/h3-6,11,14-16,18,27,35H,7-10,23H2,1-2H3,(H,24,32)(H,25,30)(H,26,31)(H,28,29)(H,33,34). The molecule has 0 spiro atoms. The van der Waals surface area contributed by atoms with Crippen molar-refractivity contribution in [3.63, 3.8) is 0 Å². The number of carbonyl (C=O) groups excluding carboxylic acids is 3. The third kappa shape index (κ3) is 10.2. The van der Waals surface area contributed by atoms with Gasteiger partial charge in [-0.15, -0.1) is 0 Å². The monoisotopic (exact) mass is 512 g/mol. The zero-order valence-corrected chi connectivity index (χ0v) is 20.3. The van der Waals surface area contributed by atoms with Gasteiger partial charge in [-0.1, -0.05) is 26.0 Å². The van der Waals surface area contributed by atoms with E-state index >= 15 is 0 Å². The Morgan fingerprint density at radius 1 is 0.914 bits per heavy atom. The summed E-state index contributed by atoms with van der Waals surface area (Å²) in [6.45, 7) is 3.16. The molecule has 0 saturated heterocycles. The molecule has 194 valence electrons. The smallest absolute Gasteiger partial charge is 0.326 e. The van der Waals surface area contributed by atoms with Crippen molar-refractivity contribution < 1.29 is 39.3 Å². The second-order valence-electron chi connectivity index (χ2n) is 8.28.